The molecule has 32 heavy (non-hydrogen) atoms. The molecule has 0 spiro atoms. The summed E-state index contributed by atoms with van der Waals surface area (Å²) in [6, 6.07) is 16.8. The van der Waals surface area contributed by atoms with E-state index in [0.717, 1.165) is 4.47 Å². The Kier molecular flexibility index (Phi) is 7.29. The van der Waals surface area contributed by atoms with Crippen LogP contribution in [0.25, 0.3) is 0 Å². The van der Waals surface area contributed by atoms with Gasteiger partial charge in [-0.15, -0.1) is 0 Å². The summed E-state index contributed by atoms with van der Waals surface area (Å²) < 4.78 is 11.0. The maximum absolute atomic E-state index is 12.3. The molecule has 0 heterocycles. The fourth-order valence-electron chi connectivity index (χ4n) is 2.59. The van der Waals surface area contributed by atoms with Crippen molar-refractivity contribution in [2.24, 2.45) is 5.10 Å². The van der Waals surface area contributed by atoms with Gasteiger partial charge in [-0.25, -0.2) is 10.2 Å². The van der Waals surface area contributed by atoms with E-state index in [1.165, 1.54) is 43.7 Å². The zero-order valence-corrected chi connectivity index (χ0v) is 18.2. The molecule has 0 fully saturated rings. The van der Waals surface area contributed by atoms with Gasteiger partial charge in [0.2, 0.25) is 5.75 Å². The smallest absolute Gasteiger partial charge is 0.343 e. The van der Waals surface area contributed by atoms with Crippen molar-refractivity contribution in [3.05, 3.63) is 98.0 Å². The predicted octanol–water partition coefficient (Wildman–Crippen LogP) is 4.35. The fraction of sp³-hybridized carbons (Fsp3) is 0.0455. The number of methoxy groups -OCH3 is 1. The summed E-state index contributed by atoms with van der Waals surface area (Å²) in [6.45, 7) is 0. The molecule has 1 amide bonds. The van der Waals surface area contributed by atoms with Crippen LogP contribution >= 0.6 is 15.9 Å². The number of nitrogens with one attached hydrogen (secondary N) is 1. The first kappa shape index (κ1) is 22.6. The molecule has 162 valence electrons. The van der Waals surface area contributed by atoms with Gasteiger partial charge in [-0.2, -0.15) is 5.10 Å². The Bertz CT molecular complexity index is 1190. The minimum Gasteiger partial charge on any atom is -0.497 e. The van der Waals surface area contributed by atoms with Crippen LogP contribution < -0.4 is 14.9 Å². The SMILES string of the molecule is COc1ccc(C(=O)Oc2ccc(/C=N/NC(=O)c3cccc(Br)c3)cc2[N+](=O)[O-])cc1. The number of carbonyl (C=O) groups is 2. The predicted molar refractivity (Wildman–Crippen MR) is 120 cm³/mol. The Morgan fingerprint density at radius 1 is 1.06 bits per heavy atom. The lowest BCUT2D eigenvalue weighted by atomic mass is 10.2. The summed E-state index contributed by atoms with van der Waals surface area (Å²) in [6.07, 6.45) is 1.25. The van der Waals surface area contributed by atoms with E-state index >= 15 is 0 Å². The van der Waals surface area contributed by atoms with Gasteiger partial charge in [0.1, 0.15) is 5.75 Å². The number of nitro groups is 1. The Balaban J connectivity index is 1.72. The number of carbonyl (C=O) groups excluding carboxylic acids is 2. The van der Waals surface area contributed by atoms with Gasteiger partial charge in [-0.05, 0) is 54.6 Å². The van der Waals surface area contributed by atoms with Gasteiger partial charge < -0.3 is 9.47 Å². The number of nitro benzene ring substituents is 1. The first-order valence-electron chi connectivity index (χ1n) is 9.11. The highest BCUT2D eigenvalue weighted by atomic mass is 79.9. The van der Waals surface area contributed by atoms with Crippen LogP contribution in [0.5, 0.6) is 11.5 Å². The second kappa shape index (κ2) is 10.3. The monoisotopic (exact) mass is 497 g/mol. The molecule has 3 aromatic rings. The molecule has 0 atom stereocenters. The maximum atomic E-state index is 12.3. The van der Waals surface area contributed by atoms with Gasteiger partial charge in [0, 0.05) is 21.7 Å². The quantitative estimate of drug-likeness (QED) is 0.170. The van der Waals surface area contributed by atoms with Gasteiger partial charge in [0.05, 0.1) is 23.8 Å². The van der Waals surface area contributed by atoms with E-state index in [1.807, 2.05) is 0 Å². The van der Waals surface area contributed by atoms with E-state index in [4.69, 9.17) is 9.47 Å². The minimum absolute atomic E-state index is 0.209. The van der Waals surface area contributed by atoms with Crippen molar-refractivity contribution in [1.82, 2.24) is 5.43 Å². The Labute approximate surface area is 190 Å². The van der Waals surface area contributed by atoms with Gasteiger partial charge in [0.15, 0.2) is 0 Å². The Morgan fingerprint density at radius 2 is 1.81 bits per heavy atom. The number of amides is 1. The Morgan fingerprint density at radius 3 is 2.47 bits per heavy atom. The van der Waals surface area contributed by atoms with Crippen molar-refractivity contribution < 1.29 is 24.0 Å². The van der Waals surface area contributed by atoms with E-state index in [2.05, 4.69) is 26.5 Å². The molecular formula is C22H16BrN3O6. The van der Waals surface area contributed by atoms with E-state index in [-0.39, 0.29) is 11.3 Å². The second-order valence-electron chi connectivity index (χ2n) is 6.31. The van der Waals surface area contributed by atoms with E-state index < -0.39 is 22.5 Å². The number of esters is 1. The van der Waals surface area contributed by atoms with Gasteiger partial charge in [-0.1, -0.05) is 22.0 Å². The number of hydrogen-bond donors (Lipinski definition) is 1. The highest BCUT2D eigenvalue weighted by Crippen LogP contribution is 2.28. The van der Waals surface area contributed by atoms with Crippen molar-refractivity contribution >= 4 is 39.7 Å². The maximum Gasteiger partial charge on any atom is 0.343 e. The molecule has 0 bridgehead atoms. The number of hydrogen-bond acceptors (Lipinski definition) is 7. The van der Waals surface area contributed by atoms with Crippen molar-refractivity contribution in [2.45, 2.75) is 0 Å². The van der Waals surface area contributed by atoms with Gasteiger partial charge in [0.25, 0.3) is 5.91 Å². The lowest BCUT2D eigenvalue weighted by Gasteiger charge is -2.06. The molecule has 10 heteroatoms. The van der Waals surface area contributed by atoms with Crippen LogP contribution in [0, 0.1) is 10.1 Å². The average Bonchev–Trinajstić information content (AvgIpc) is 2.79. The van der Waals surface area contributed by atoms with E-state index in [9.17, 15) is 19.7 Å². The zero-order valence-electron chi connectivity index (χ0n) is 16.7. The fourth-order valence-corrected chi connectivity index (χ4v) is 2.99. The summed E-state index contributed by atoms with van der Waals surface area (Å²) in [5, 5.41) is 15.3. The minimum atomic E-state index is -0.751. The third kappa shape index (κ3) is 5.76. The van der Waals surface area contributed by atoms with Crippen LogP contribution in [-0.2, 0) is 0 Å². The molecule has 3 aromatic carbocycles. The molecule has 0 saturated heterocycles. The highest BCUT2D eigenvalue weighted by molar-refractivity contribution is 9.10. The van der Waals surface area contributed by atoms with Crippen LogP contribution in [0.3, 0.4) is 0 Å². The number of benzene rings is 3. The van der Waals surface area contributed by atoms with Gasteiger partial charge in [-0.3, -0.25) is 14.9 Å². The number of ether oxygens (including phenoxy) is 2. The van der Waals surface area contributed by atoms with Crippen LogP contribution in [0.4, 0.5) is 5.69 Å². The molecule has 0 saturated carbocycles. The summed E-state index contributed by atoms with van der Waals surface area (Å²) in [7, 11) is 1.49. The molecular weight excluding hydrogens is 482 g/mol. The van der Waals surface area contributed by atoms with Gasteiger partial charge >= 0.3 is 11.7 Å². The molecule has 0 aromatic heterocycles. The summed E-state index contributed by atoms with van der Waals surface area (Å²) in [5.74, 6) is -0.852. The van der Waals surface area contributed by atoms with Crippen molar-refractivity contribution in [2.75, 3.05) is 7.11 Å². The molecule has 9 nitrogen and oxygen atoms in total. The van der Waals surface area contributed by atoms with Crippen LogP contribution in [-0.4, -0.2) is 30.1 Å². The zero-order chi connectivity index (χ0) is 23.1. The molecule has 0 radical (unpaired) electrons. The molecule has 3 rings (SSSR count). The number of rotatable bonds is 7. The summed E-state index contributed by atoms with van der Waals surface area (Å²) in [5.41, 5.74) is 2.85. The number of hydrazone groups is 1. The molecule has 1 N–H and O–H groups in total. The standard InChI is InChI=1S/C22H16BrN3O6/c1-31-18-8-6-15(7-9-18)22(28)32-20-10-5-14(11-19(20)26(29)30)13-24-25-21(27)16-3-2-4-17(23)12-16/h2-13H,1H3,(H,25,27)/b24-13+. The van der Waals surface area contributed by atoms with Crippen LogP contribution in [0.2, 0.25) is 0 Å². The lowest BCUT2D eigenvalue weighted by Crippen LogP contribution is -2.17. The first-order chi connectivity index (χ1) is 15.4. The molecule has 0 aliphatic rings. The largest absolute Gasteiger partial charge is 0.497 e. The third-order valence-corrected chi connectivity index (χ3v) is 4.67. The average molecular weight is 498 g/mol. The summed E-state index contributed by atoms with van der Waals surface area (Å²) >= 11 is 3.28. The van der Waals surface area contributed by atoms with Crippen molar-refractivity contribution in [1.29, 1.82) is 0 Å². The van der Waals surface area contributed by atoms with E-state index in [1.54, 1.807) is 36.4 Å². The van der Waals surface area contributed by atoms with Crippen molar-refractivity contribution in [3.63, 3.8) is 0 Å². The topological polar surface area (TPSA) is 120 Å². The molecule has 0 aliphatic heterocycles. The number of nitrogens with zero attached hydrogens (tertiary/aromatic N) is 2. The normalized spacial score (nSPS) is 10.6. The number of halogens is 1. The lowest BCUT2D eigenvalue weighted by molar-refractivity contribution is -0.385. The Hall–Kier alpha value is -4.05. The molecule has 0 aliphatic carbocycles. The van der Waals surface area contributed by atoms with Crippen LogP contribution in [0.1, 0.15) is 26.3 Å². The third-order valence-electron chi connectivity index (χ3n) is 4.17. The van der Waals surface area contributed by atoms with Crippen molar-refractivity contribution in [3.8, 4) is 11.5 Å². The molecule has 0 unspecified atom stereocenters. The second-order valence-corrected chi connectivity index (χ2v) is 7.23. The van der Waals surface area contributed by atoms with E-state index in [0.29, 0.717) is 16.9 Å². The highest BCUT2D eigenvalue weighted by Gasteiger charge is 2.19. The van der Waals surface area contributed by atoms with Crippen LogP contribution in [0.15, 0.2) is 76.3 Å². The summed E-state index contributed by atoms with van der Waals surface area (Å²) in [4.78, 5) is 35.2. The first-order valence-corrected chi connectivity index (χ1v) is 9.90.